The molecule has 1 aromatic heterocycles. The first-order valence-electron chi connectivity index (χ1n) is 6.10. The van der Waals surface area contributed by atoms with E-state index < -0.39 is 0 Å². The van der Waals surface area contributed by atoms with Gasteiger partial charge < -0.3 is 5.32 Å². The minimum atomic E-state index is -0.0444. The lowest BCUT2D eigenvalue weighted by atomic mass is 9.77. The van der Waals surface area contributed by atoms with E-state index in [2.05, 4.69) is 17.2 Å². The summed E-state index contributed by atoms with van der Waals surface area (Å²) in [5.41, 5.74) is -0.0444. The second-order valence-electron chi connectivity index (χ2n) is 5.07. The standard InChI is InChI=1S/C13H18Cl2N2/c1-10-4-2-6-13(8-10,9-14)17-12-11(15)5-3-7-16-12/h3,5,7,10H,2,4,6,8-9H2,1H3,(H,16,17). The highest BCUT2D eigenvalue weighted by molar-refractivity contribution is 6.32. The number of rotatable bonds is 3. The Balaban J connectivity index is 2.17. The van der Waals surface area contributed by atoms with Gasteiger partial charge in [0.05, 0.1) is 10.6 Å². The number of hydrogen-bond donors (Lipinski definition) is 1. The van der Waals surface area contributed by atoms with Gasteiger partial charge in [0.15, 0.2) is 0 Å². The molecule has 1 saturated carbocycles. The van der Waals surface area contributed by atoms with Gasteiger partial charge in [-0.1, -0.05) is 31.4 Å². The molecule has 0 bridgehead atoms. The normalized spacial score (nSPS) is 29.0. The summed E-state index contributed by atoms with van der Waals surface area (Å²) in [6, 6.07) is 3.69. The first-order valence-corrected chi connectivity index (χ1v) is 7.01. The van der Waals surface area contributed by atoms with E-state index in [1.807, 2.05) is 12.1 Å². The molecule has 4 heteroatoms. The second-order valence-corrected chi connectivity index (χ2v) is 5.75. The number of anilines is 1. The van der Waals surface area contributed by atoms with Crippen molar-refractivity contribution >= 4 is 29.0 Å². The number of halogens is 2. The molecule has 17 heavy (non-hydrogen) atoms. The molecule has 1 heterocycles. The van der Waals surface area contributed by atoms with E-state index >= 15 is 0 Å². The maximum absolute atomic E-state index is 6.17. The molecule has 0 aromatic carbocycles. The maximum atomic E-state index is 6.17. The van der Waals surface area contributed by atoms with Crippen LogP contribution < -0.4 is 5.32 Å². The van der Waals surface area contributed by atoms with Crippen molar-refractivity contribution in [2.45, 2.75) is 38.1 Å². The van der Waals surface area contributed by atoms with Crippen LogP contribution in [0.3, 0.4) is 0 Å². The molecule has 2 atom stereocenters. The van der Waals surface area contributed by atoms with Gasteiger partial charge in [-0.05, 0) is 30.9 Å². The van der Waals surface area contributed by atoms with Crippen LogP contribution in [0, 0.1) is 5.92 Å². The van der Waals surface area contributed by atoms with Gasteiger partial charge in [0.1, 0.15) is 5.82 Å². The second kappa shape index (κ2) is 5.45. The molecule has 0 spiro atoms. The van der Waals surface area contributed by atoms with Crippen molar-refractivity contribution < 1.29 is 0 Å². The van der Waals surface area contributed by atoms with E-state index in [-0.39, 0.29) is 5.54 Å². The molecule has 1 fully saturated rings. The van der Waals surface area contributed by atoms with Gasteiger partial charge in [-0.3, -0.25) is 0 Å². The minimum absolute atomic E-state index is 0.0444. The van der Waals surface area contributed by atoms with E-state index in [1.54, 1.807) is 6.20 Å². The molecule has 1 N–H and O–H groups in total. The third-order valence-electron chi connectivity index (χ3n) is 3.49. The third-order valence-corrected chi connectivity index (χ3v) is 4.31. The fourth-order valence-corrected chi connectivity index (χ4v) is 3.14. The Morgan fingerprint density at radius 2 is 2.41 bits per heavy atom. The Morgan fingerprint density at radius 1 is 1.59 bits per heavy atom. The predicted octanol–water partition coefficient (Wildman–Crippen LogP) is 4.33. The van der Waals surface area contributed by atoms with Crippen LogP contribution in [0.1, 0.15) is 32.6 Å². The summed E-state index contributed by atoms with van der Waals surface area (Å²) in [6.07, 6.45) is 6.43. The van der Waals surface area contributed by atoms with Crippen LogP contribution in [0.25, 0.3) is 0 Å². The molecule has 2 unspecified atom stereocenters. The summed E-state index contributed by atoms with van der Waals surface area (Å²) >= 11 is 12.3. The predicted molar refractivity (Wildman–Crippen MR) is 74.0 cm³/mol. The van der Waals surface area contributed by atoms with Gasteiger partial charge in [0.2, 0.25) is 0 Å². The van der Waals surface area contributed by atoms with E-state index in [4.69, 9.17) is 23.2 Å². The Morgan fingerprint density at radius 3 is 3.06 bits per heavy atom. The zero-order valence-electron chi connectivity index (χ0n) is 10.0. The van der Waals surface area contributed by atoms with Crippen LogP contribution in [-0.4, -0.2) is 16.4 Å². The number of hydrogen-bond acceptors (Lipinski definition) is 2. The van der Waals surface area contributed by atoms with Crippen molar-refractivity contribution in [2.75, 3.05) is 11.2 Å². The largest absolute Gasteiger partial charge is 0.362 e. The number of nitrogens with one attached hydrogen (secondary N) is 1. The molecule has 1 aliphatic rings. The van der Waals surface area contributed by atoms with Crippen LogP contribution >= 0.6 is 23.2 Å². The molecule has 2 rings (SSSR count). The summed E-state index contributed by atoms with van der Waals surface area (Å²) in [6.45, 7) is 2.28. The lowest BCUT2D eigenvalue weighted by molar-refractivity contribution is 0.279. The van der Waals surface area contributed by atoms with E-state index in [0.29, 0.717) is 16.8 Å². The zero-order chi connectivity index (χ0) is 12.3. The average molecular weight is 273 g/mol. The van der Waals surface area contributed by atoms with Crippen LogP contribution in [0.5, 0.6) is 0 Å². The molecule has 0 aliphatic heterocycles. The first kappa shape index (κ1) is 13.0. The highest BCUT2D eigenvalue weighted by atomic mass is 35.5. The molecule has 0 saturated heterocycles. The highest BCUT2D eigenvalue weighted by Crippen LogP contribution is 2.36. The number of alkyl halides is 1. The number of pyridine rings is 1. The molecular formula is C13H18Cl2N2. The van der Waals surface area contributed by atoms with Crippen molar-refractivity contribution in [3.05, 3.63) is 23.4 Å². The van der Waals surface area contributed by atoms with Crippen LogP contribution in [0.4, 0.5) is 5.82 Å². The lowest BCUT2D eigenvalue weighted by Gasteiger charge is -2.40. The number of aromatic nitrogens is 1. The van der Waals surface area contributed by atoms with Crippen LogP contribution in [0.2, 0.25) is 5.02 Å². The van der Waals surface area contributed by atoms with Gasteiger partial charge in [0, 0.05) is 12.1 Å². The van der Waals surface area contributed by atoms with E-state index in [9.17, 15) is 0 Å². The molecule has 2 nitrogen and oxygen atoms in total. The summed E-state index contributed by atoms with van der Waals surface area (Å²) in [5.74, 6) is 2.06. The van der Waals surface area contributed by atoms with Gasteiger partial charge in [-0.25, -0.2) is 4.98 Å². The summed E-state index contributed by atoms with van der Waals surface area (Å²) in [4.78, 5) is 4.29. The quantitative estimate of drug-likeness (QED) is 0.829. The zero-order valence-corrected chi connectivity index (χ0v) is 11.6. The molecule has 0 amide bonds. The maximum Gasteiger partial charge on any atom is 0.145 e. The van der Waals surface area contributed by atoms with Gasteiger partial charge in [0.25, 0.3) is 0 Å². The molecule has 1 aromatic rings. The fourth-order valence-electron chi connectivity index (χ4n) is 2.66. The summed E-state index contributed by atoms with van der Waals surface area (Å²) < 4.78 is 0. The van der Waals surface area contributed by atoms with Gasteiger partial charge in [-0.2, -0.15) is 0 Å². The Kier molecular flexibility index (Phi) is 4.16. The molecule has 1 aliphatic carbocycles. The van der Waals surface area contributed by atoms with Crippen molar-refractivity contribution in [1.82, 2.24) is 4.98 Å². The Hall–Kier alpha value is -0.470. The fraction of sp³-hybridized carbons (Fsp3) is 0.615. The number of nitrogens with zero attached hydrogens (tertiary/aromatic N) is 1. The average Bonchev–Trinajstić information content (AvgIpc) is 2.32. The minimum Gasteiger partial charge on any atom is -0.362 e. The Labute approximate surface area is 113 Å². The molecule has 94 valence electrons. The van der Waals surface area contributed by atoms with Crippen molar-refractivity contribution in [3.63, 3.8) is 0 Å². The van der Waals surface area contributed by atoms with Crippen molar-refractivity contribution in [2.24, 2.45) is 5.92 Å². The topological polar surface area (TPSA) is 24.9 Å². The van der Waals surface area contributed by atoms with E-state index in [1.165, 1.54) is 12.8 Å². The van der Waals surface area contributed by atoms with Gasteiger partial charge in [-0.15, -0.1) is 11.6 Å². The van der Waals surface area contributed by atoms with Gasteiger partial charge >= 0.3 is 0 Å². The first-order chi connectivity index (χ1) is 8.15. The highest BCUT2D eigenvalue weighted by Gasteiger charge is 2.34. The van der Waals surface area contributed by atoms with Crippen molar-refractivity contribution in [1.29, 1.82) is 0 Å². The van der Waals surface area contributed by atoms with E-state index in [0.717, 1.165) is 18.7 Å². The summed E-state index contributed by atoms with van der Waals surface area (Å²) in [5, 5.41) is 4.13. The SMILES string of the molecule is CC1CCCC(CCl)(Nc2ncccc2Cl)C1. The molecule has 0 radical (unpaired) electrons. The summed E-state index contributed by atoms with van der Waals surface area (Å²) in [7, 11) is 0. The lowest BCUT2D eigenvalue weighted by Crippen LogP contribution is -2.44. The molecular weight excluding hydrogens is 255 g/mol. The van der Waals surface area contributed by atoms with Crippen LogP contribution in [-0.2, 0) is 0 Å². The van der Waals surface area contributed by atoms with Crippen molar-refractivity contribution in [3.8, 4) is 0 Å². The smallest absolute Gasteiger partial charge is 0.145 e. The monoisotopic (exact) mass is 272 g/mol. The third kappa shape index (κ3) is 3.05. The van der Waals surface area contributed by atoms with Crippen LogP contribution in [0.15, 0.2) is 18.3 Å². The Bertz CT molecular complexity index is 383.